The van der Waals surface area contributed by atoms with Gasteiger partial charge in [0.2, 0.25) is 0 Å². The second-order valence-corrected chi connectivity index (χ2v) is 8.64. The van der Waals surface area contributed by atoms with E-state index in [1.165, 1.54) is 51.4 Å². The van der Waals surface area contributed by atoms with Crippen LogP contribution in [0.5, 0.6) is 0 Å². The van der Waals surface area contributed by atoms with Crippen molar-refractivity contribution in [3.8, 4) is 0 Å². The number of carboxylic acid groups (broad SMARTS) is 1. The first-order valence-corrected chi connectivity index (χ1v) is 11.7. The van der Waals surface area contributed by atoms with Gasteiger partial charge in [-0.1, -0.05) is 82.9 Å². The predicted molar refractivity (Wildman–Crippen MR) is 116 cm³/mol. The molecule has 0 aliphatic heterocycles. The Morgan fingerprint density at radius 3 is 2.18 bits per heavy atom. The number of aryl methyl sites for hydroxylation is 1. The van der Waals surface area contributed by atoms with Gasteiger partial charge in [0.25, 0.3) is 0 Å². The number of carboxylic acids is 1. The first-order chi connectivity index (χ1) is 13.6. The van der Waals surface area contributed by atoms with Crippen LogP contribution in [0.1, 0.15) is 81.6 Å². The van der Waals surface area contributed by atoms with E-state index >= 15 is 0 Å². The highest BCUT2D eigenvalue weighted by Crippen LogP contribution is 2.27. The molecule has 1 unspecified atom stereocenters. The third kappa shape index (κ3) is 6.17. The molecule has 0 amide bonds. The number of hydrogen-bond donors (Lipinski definition) is 2. The highest BCUT2D eigenvalue weighted by molar-refractivity contribution is 7.83. The molecule has 2 aromatic rings. The van der Waals surface area contributed by atoms with E-state index in [-0.39, 0.29) is 5.69 Å². The molecule has 0 aliphatic carbocycles. The summed E-state index contributed by atoms with van der Waals surface area (Å²) in [6, 6.07) is 7.39. The van der Waals surface area contributed by atoms with Crippen molar-refractivity contribution in [2.24, 2.45) is 7.05 Å². The first-order valence-electron chi connectivity index (χ1n) is 10.5. The van der Waals surface area contributed by atoms with Gasteiger partial charge in [-0.05, 0) is 12.5 Å². The second kappa shape index (κ2) is 12.0. The van der Waals surface area contributed by atoms with Crippen LogP contribution in [0.4, 0.5) is 0 Å². The Balaban J connectivity index is 1.77. The fourth-order valence-electron chi connectivity index (χ4n) is 3.64. The van der Waals surface area contributed by atoms with Gasteiger partial charge < -0.3 is 9.67 Å². The molecule has 2 rings (SSSR count). The second-order valence-electron chi connectivity index (χ2n) is 7.40. The zero-order valence-electron chi connectivity index (χ0n) is 17.2. The predicted octanol–water partition coefficient (Wildman–Crippen LogP) is 5.41. The molecule has 5 nitrogen and oxygen atoms in total. The van der Waals surface area contributed by atoms with Crippen LogP contribution in [0.2, 0.25) is 0 Å². The number of aromatic nitrogens is 1. The minimum absolute atomic E-state index is 0.0927. The molecule has 1 heterocycles. The largest absolute Gasteiger partial charge is 0.477 e. The fourth-order valence-corrected chi connectivity index (χ4v) is 4.88. The van der Waals surface area contributed by atoms with Crippen LogP contribution in [0.25, 0.3) is 10.9 Å². The molecule has 0 spiro atoms. The number of nitrogens with zero attached hydrogens (tertiary/aromatic N) is 1. The average molecular weight is 407 g/mol. The van der Waals surface area contributed by atoms with Crippen LogP contribution in [0, 0.1) is 0 Å². The Labute approximate surface area is 171 Å². The lowest BCUT2D eigenvalue weighted by molar-refractivity contribution is 0.0683. The van der Waals surface area contributed by atoms with Crippen LogP contribution in [-0.4, -0.2) is 26.4 Å². The summed E-state index contributed by atoms with van der Waals surface area (Å²) in [7, 11) is 0.169. The van der Waals surface area contributed by atoms with Crippen molar-refractivity contribution in [3.05, 3.63) is 30.0 Å². The lowest BCUT2D eigenvalue weighted by atomic mass is 10.1. The van der Waals surface area contributed by atoms with E-state index in [1.807, 2.05) is 24.3 Å². The molecule has 0 saturated carbocycles. The molecule has 156 valence electrons. The molecule has 1 aromatic carbocycles. The molecule has 0 saturated heterocycles. The van der Waals surface area contributed by atoms with E-state index < -0.39 is 17.0 Å². The van der Waals surface area contributed by atoms with Crippen molar-refractivity contribution in [2.75, 3.05) is 6.54 Å². The van der Waals surface area contributed by atoms with E-state index in [1.54, 1.807) is 11.6 Å². The maximum Gasteiger partial charge on any atom is 0.353 e. The maximum absolute atomic E-state index is 12.8. The highest BCUT2D eigenvalue weighted by Gasteiger charge is 2.24. The number of unbranched alkanes of at least 4 members (excludes halogenated alkanes) is 9. The first kappa shape index (κ1) is 22.6. The van der Waals surface area contributed by atoms with Gasteiger partial charge >= 0.3 is 5.97 Å². The SMILES string of the molecule is CCCCCCCCCCCCNS(=O)c1c(C(=O)O)n(C)c2ccccc12. The van der Waals surface area contributed by atoms with Gasteiger partial charge in [-0.3, -0.25) is 0 Å². The summed E-state index contributed by atoms with van der Waals surface area (Å²) in [6.07, 6.45) is 12.5. The molecule has 0 radical (unpaired) electrons. The Morgan fingerprint density at radius 1 is 1.00 bits per heavy atom. The van der Waals surface area contributed by atoms with Crippen LogP contribution < -0.4 is 4.72 Å². The number of benzene rings is 1. The van der Waals surface area contributed by atoms with Crippen molar-refractivity contribution in [3.63, 3.8) is 0 Å². The highest BCUT2D eigenvalue weighted by atomic mass is 32.2. The molecule has 0 aliphatic rings. The van der Waals surface area contributed by atoms with E-state index in [0.29, 0.717) is 11.4 Å². The molecule has 1 aromatic heterocycles. The zero-order valence-corrected chi connectivity index (χ0v) is 18.0. The molecule has 0 bridgehead atoms. The number of fused-ring (bicyclic) bond motifs is 1. The number of aromatic carboxylic acids is 1. The van der Waals surface area contributed by atoms with Crippen LogP contribution >= 0.6 is 0 Å². The van der Waals surface area contributed by atoms with Gasteiger partial charge in [-0.15, -0.1) is 0 Å². The number of nitrogens with one attached hydrogen (secondary N) is 1. The van der Waals surface area contributed by atoms with Crippen molar-refractivity contribution in [1.82, 2.24) is 9.29 Å². The summed E-state index contributed by atoms with van der Waals surface area (Å²) in [5.41, 5.74) is 0.874. The topological polar surface area (TPSA) is 71.3 Å². The number of para-hydroxylation sites is 1. The smallest absolute Gasteiger partial charge is 0.353 e. The third-order valence-corrected chi connectivity index (χ3v) is 6.46. The normalized spacial score (nSPS) is 12.5. The van der Waals surface area contributed by atoms with Gasteiger partial charge in [0.15, 0.2) is 0 Å². The maximum atomic E-state index is 12.8. The van der Waals surface area contributed by atoms with E-state index in [2.05, 4.69) is 11.6 Å². The molecule has 0 fully saturated rings. The molecule has 1 atom stereocenters. The van der Waals surface area contributed by atoms with Crippen molar-refractivity contribution >= 4 is 27.9 Å². The van der Waals surface area contributed by atoms with Gasteiger partial charge in [-0.2, -0.15) is 0 Å². The number of rotatable bonds is 14. The van der Waals surface area contributed by atoms with Gasteiger partial charge in [0.1, 0.15) is 16.7 Å². The van der Waals surface area contributed by atoms with E-state index in [0.717, 1.165) is 23.7 Å². The summed E-state index contributed by atoms with van der Waals surface area (Å²) < 4.78 is 17.4. The minimum atomic E-state index is -1.53. The van der Waals surface area contributed by atoms with Crippen LogP contribution in [0.15, 0.2) is 29.2 Å². The van der Waals surface area contributed by atoms with Gasteiger partial charge in [0.05, 0.1) is 4.90 Å². The zero-order chi connectivity index (χ0) is 20.4. The quantitative estimate of drug-likeness (QED) is 0.412. The Morgan fingerprint density at radius 2 is 1.57 bits per heavy atom. The lowest BCUT2D eigenvalue weighted by Crippen LogP contribution is -2.21. The van der Waals surface area contributed by atoms with Crippen molar-refractivity contribution in [2.45, 2.75) is 76.0 Å². The summed E-state index contributed by atoms with van der Waals surface area (Å²) >= 11 is 0. The Bertz CT molecular complexity index is 785. The molecule has 28 heavy (non-hydrogen) atoms. The summed E-state index contributed by atoms with van der Waals surface area (Å²) in [6.45, 7) is 2.87. The Hall–Kier alpha value is -1.66. The molecule has 2 N–H and O–H groups in total. The Kier molecular flexibility index (Phi) is 9.71. The molecule has 6 heteroatoms. The van der Waals surface area contributed by atoms with Crippen LogP contribution in [0.3, 0.4) is 0 Å². The third-order valence-electron chi connectivity index (χ3n) is 5.21. The van der Waals surface area contributed by atoms with E-state index in [4.69, 9.17) is 0 Å². The monoisotopic (exact) mass is 406 g/mol. The summed E-state index contributed by atoms with van der Waals surface area (Å²) in [5, 5.41) is 10.3. The van der Waals surface area contributed by atoms with Crippen LogP contribution in [-0.2, 0) is 18.0 Å². The fraction of sp³-hybridized carbons (Fsp3) is 0.591. The molecular weight excluding hydrogens is 372 g/mol. The standard InChI is InChI=1S/C22H34N2O3S/c1-3-4-5-6-7-8-9-10-11-14-17-23-28(27)21-18-15-12-13-16-19(18)24(2)20(21)22(25)26/h12-13,15-16,23H,3-11,14,17H2,1-2H3,(H,25,26). The summed E-state index contributed by atoms with van der Waals surface area (Å²) in [5.74, 6) is -1.05. The number of carbonyl (C=O) groups is 1. The minimum Gasteiger partial charge on any atom is -0.477 e. The van der Waals surface area contributed by atoms with Gasteiger partial charge in [0, 0.05) is 24.5 Å². The summed E-state index contributed by atoms with van der Waals surface area (Å²) in [4.78, 5) is 12.1. The van der Waals surface area contributed by atoms with E-state index in [9.17, 15) is 14.1 Å². The van der Waals surface area contributed by atoms with Gasteiger partial charge in [-0.25, -0.2) is 13.7 Å². The average Bonchev–Trinajstić information content (AvgIpc) is 2.99. The van der Waals surface area contributed by atoms with Crippen molar-refractivity contribution < 1.29 is 14.1 Å². The molecular formula is C22H34N2O3S. The van der Waals surface area contributed by atoms with Crippen molar-refractivity contribution in [1.29, 1.82) is 0 Å². The number of hydrogen-bond acceptors (Lipinski definition) is 2. The lowest BCUT2D eigenvalue weighted by Gasteiger charge is -2.06.